The Balaban J connectivity index is 2.77. The molecule has 0 aliphatic carbocycles. The van der Waals surface area contributed by atoms with E-state index in [2.05, 4.69) is 0 Å². The normalized spacial score (nSPS) is 28.3. The molecule has 0 bridgehead atoms. The molecule has 1 aliphatic rings. The summed E-state index contributed by atoms with van der Waals surface area (Å²) in [5.74, 6) is 0. The van der Waals surface area contributed by atoms with E-state index in [1.165, 1.54) is 8.25 Å². The molecule has 2 N–H and O–H groups in total. The molecule has 0 aromatic rings. The van der Waals surface area contributed by atoms with Gasteiger partial charge in [0.1, 0.15) is 0 Å². The van der Waals surface area contributed by atoms with Crippen LogP contribution >= 0.6 is 0 Å². The van der Waals surface area contributed by atoms with Crippen molar-refractivity contribution in [2.45, 2.75) is 0 Å². The molecule has 0 spiro atoms. The van der Waals surface area contributed by atoms with Gasteiger partial charge in [0.2, 0.25) is 0 Å². The van der Waals surface area contributed by atoms with Gasteiger partial charge in [0.25, 0.3) is 0 Å². The monoisotopic (exact) mass is 216 g/mol. The van der Waals surface area contributed by atoms with E-state index < -0.39 is 19.0 Å². The average molecular weight is 214 g/mol. The van der Waals surface area contributed by atoms with Crippen LogP contribution in [0.25, 0.3) is 0 Å². The van der Waals surface area contributed by atoms with Gasteiger partial charge in [0, 0.05) is 0 Å². The van der Waals surface area contributed by atoms with Crippen molar-refractivity contribution in [3.63, 3.8) is 0 Å². The van der Waals surface area contributed by atoms with Crippen LogP contribution in [0, 0.1) is 0 Å². The molecule has 40 valence electrons. The van der Waals surface area contributed by atoms with Crippen molar-refractivity contribution < 1.29 is 6.94 Å². The summed E-state index contributed by atoms with van der Waals surface area (Å²) in [5.41, 5.74) is 0. The minimum atomic E-state index is -3.36. The van der Waals surface area contributed by atoms with Gasteiger partial charge in [0.15, 0.2) is 0 Å². The first-order chi connectivity index (χ1) is 3.21. The topological polar surface area (TPSA) is 40.5 Å². The maximum atomic E-state index is 8.77. The molecule has 0 saturated heterocycles. The summed E-state index contributed by atoms with van der Waals surface area (Å²) in [6.45, 7) is 0. The van der Waals surface area contributed by atoms with Gasteiger partial charge in [-0.15, -0.1) is 0 Å². The summed E-state index contributed by atoms with van der Waals surface area (Å²) < 4.78 is 20.5. The molecule has 1 rings (SSSR count). The van der Waals surface area contributed by atoms with Crippen LogP contribution in [0.4, 0.5) is 0 Å². The quantitative estimate of drug-likeness (QED) is 0.539. The molecule has 0 aromatic heterocycles. The molecule has 2 nitrogen and oxygen atoms in total. The Morgan fingerprint density at radius 3 is 1.57 bits per heavy atom. The van der Waals surface area contributed by atoms with Gasteiger partial charge in [0.05, 0.1) is 0 Å². The zero-order chi connectivity index (χ0) is 5.33. The van der Waals surface area contributed by atoms with Crippen LogP contribution < -0.4 is 0 Å². The molecule has 1 aliphatic heterocycles. The minimum absolute atomic E-state index is 1.49. The molecule has 0 radical (unpaired) electrons. The summed E-state index contributed by atoms with van der Waals surface area (Å²) in [6.07, 6.45) is 3.34. The van der Waals surface area contributed by atoms with E-state index in [0.29, 0.717) is 0 Å². The summed E-state index contributed by atoms with van der Waals surface area (Å²) >= 11 is -3.36. The summed E-state index contributed by atoms with van der Waals surface area (Å²) in [7, 11) is 0. The van der Waals surface area contributed by atoms with E-state index in [1.54, 1.807) is 12.2 Å². The van der Waals surface area contributed by atoms with Crippen LogP contribution in [0.5, 0.6) is 0 Å². The predicted octanol–water partition coefficient (Wildman–Crippen LogP) is -0.382. The van der Waals surface area contributed by atoms with Crippen LogP contribution in [-0.4, -0.2) is 25.9 Å². The fourth-order valence-corrected chi connectivity index (χ4v) is 2.46. The molecule has 0 fully saturated rings. The standard InChI is InChI=1S/C4H6O2Te/c5-7(6)3-1-2-4-7/h1-6H. The van der Waals surface area contributed by atoms with Crippen molar-refractivity contribution in [1.82, 2.24) is 0 Å². The number of hydrogen-bond donors (Lipinski definition) is 2. The first-order valence-corrected chi connectivity index (χ1v) is 6.61. The Morgan fingerprint density at radius 1 is 1.00 bits per heavy atom. The van der Waals surface area contributed by atoms with Crippen molar-refractivity contribution in [2.75, 3.05) is 0 Å². The second-order valence-electron chi connectivity index (χ2n) is 1.30. The molecule has 0 aromatic carbocycles. The molecule has 1 heterocycles. The van der Waals surface area contributed by atoms with Crippen LogP contribution in [0.3, 0.4) is 0 Å². The Hall–Kier alpha value is 0.190. The van der Waals surface area contributed by atoms with Crippen LogP contribution in [0.15, 0.2) is 20.4 Å². The third-order valence-electron chi connectivity index (χ3n) is 0.669. The van der Waals surface area contributed by atoms with Crippen LogP contribution in [0.1, 0.15) is 0 Å². The third-order valence-corrected chi connectivity index (χ3v) is 3.85. The van der Waals surface area contributed by atoms with Gasteiger partial charge in [-0.1, -0.05) is 0 Å². The fourth-order valence-electron chi connectivity index (χ4n) is 0.367. The first-order valence-electron chi connectivity index (χ1n) is 1.84. The molecular weight excluding hydrogens is 208 g/mol. The van der Waals surface area contributed by atoms with E-state index >= 15 is 0 Å². The van der Waals surface area contributed by atoms with E-state index in [-0.39, 0.29) is 0 Å². The zero-order valence-corrected chi connectivity index (χ0v) is 5.94. The predicted molar refractivity (Wildman–Crippen MR) is 28.5 cm³/mol. The average Bonchev–Trinajstić information content (AvgIpc) is 1.84. The summed E-state index contributed by atoms with van der Waals surface area (Å²) in [5, 5.41) is 0. The Morgan fingerprint density at radius 2 is 1.43 bits per heavy atom. The molecule has 7 heavy (non-hydrogen) atoms. The first kappa shape index (κ1) is 5.33. The Labute approximate surface area is 46.7 Å². The number of allylic oxidation sites excluding steroid dienone is 2. The molecule has 0 saturated carbocycles. The molecule has 3 heteroatoms. The van der Waals surface area contributed by atoms with E-state index in [0.717, 1.165) is 0 Å². The Kier molecular flexibility index (Phi) is 1.22. The van der Waals surface area contributed by atoms with E-state index in [9.17, 15) is 0 Å². The van der Waals surface area contributed by atoms with Crippen LogP contribution in [0.2, 0.25) is 0 Å². The van der Waals surface area contributed by atoms with Crippen molar-refractivity contribution in [3.8, 4) is 0 Å². The van der Waals surface area contributed by atoms with Gasteiger partial charge >= 0.3 is 46.3 Å². The Bertz CT molecular complexity index is 112. The van der Waals surface area contributed by atoms with Gasteiger partial charge in [-0.25, -0.2) is 0 Å². The molecule has 0 unspecified atom stereocenters. The van der Waals surface area contributed by atoms with Gasteiger partial charge in [-0.3, -0.25) is 0 Å². The second-order valence-corrected chi connectivity index (χ2v) is 6.50. The fraction of sp³-hybridized carbons (Fsp3) is 0. The van der Waals surface area contributed by atoms with E-state index in [1.807, 2.05) is 0 Å². The number of hydrogen-bond acceptors (Lipinski definition) is 2. The summed E-state index contributed by atoms with van der Waals surface area (Å²) in [6, 6.07) is 0. The molecule has 0 amide bonds. The van der Waals surface area contributed by atoms with Gasteiger partial charge in [-0.2, -0.15) is 0 Å². The maximum absolute atomic E-state index is 8.77. The van der Waals surface area contributed by atoms with E-state index in [4.69, 9.17) is 6.94 Å². The van der Waals surface area contributed by atoms with Crippen molar-refractivity contribution >= 4 is 19.0 Å². The van der Waals surface area contributed by atoms with Crippen molar-refractivity contribution in [1.29, 1.82) is 0 Å². The van der Waals surface area contributed by atoms with Gasteiger partial charge < -0.3 is 0 Å². The second kappa shape index (κ2) is 1.61. The van der Waals surface area contributed by atoms with Crippen molar-refractivity contribution in [2.24, 2.45) is 0 Å². The van der Waals surface area contributed by atoms with Gasteiger partial charge in [-0.05, 0) is 0 Å². The zero-order valence-electron chi connectivity index (χ0n) is 3.61. The van der Waals surface area contributed by atoms with Crippen LogP contribution in [-0.2, 0) is 0 Å². The SMILES string of the molecule is O[Te]1(O)C=CC=C1. The molecular formula is C4H6O2Te. The molecule has 0 atom stereocenters. The third kappa shape index (κ3) is 1.29. The van der Waals surface area contributed by atoms with Crippen molar-refractivity contribution in [3.05, 3.63) is 20.4 Å². The summed E-state index contributed by atoms with van der Waals surface area (Å²) in [4.78, 5) is 0. The number of rotatable bonds is 0.